The van der Waals surface area contributed by atoms with E-state index in [1.54, 1.807) is 12.1 Å². The molecule has 0 spiro atoms. The van der Waals surface area contributed by atoms with E-state index >= 15 is 0 Å². The molecule has 0 atom stereocenters. The van der Waals surface area contributed by atoms with Gasteiger partial charge in [0.2, 0.25) is 11.8 Å². The highest BCUT2D eigenvalue weighted by molar-refractivity contribution is 9.10. The van der Waals surface area contributed by atoms with Gasteiger partial charge in [0.25, 0.3) is 0 Å². The Bertz CT molecular complexity index is 1010. The van der Waals surface area contributed by atoms with Crippen molar-refractivity contribution in [3.05, 3.63) is 53.0 Å². The van der Waals surface area contributed by atoms with E-state index in [1.165, 1.54) is 4.52 Å². The third kappa shape index (κ3) is 1.84. The summed E-state index contributed by atoms with van der Waals surface area (Å²) in [5.41, 5.74) is 2.03. The molecule has 0 aliphatic carbocycles. The molecule has 2 heterocycles. The largest absolute Gasteiger partial charge is 0.493 e. The van der Waals surface area contributed by atoms with Gasteiger partial charge in [0.05, 0.1) is 5.52 Å². The standard InChI is InChI=1S/C16H10BrN3O2/c17-10-6-7-11-12(8-10)19-20-14(11)18-15(21)13(16(20)22)9-4-2-1-3-5-9/h1-8,22H,(H,18,21). The van der Waals surface area contributed by atoms with Crippen LogP contribution in [0.4, 0.5) is 0 Å². The lowest BCUT2D eigenvalue weighted by molar-refractivity contribution is 0.417. The Morgan fingerprint density at radius 1 is 1.00 bits per heavy atom. The second-order valence-corrected chi connectivity index (χ2v) is 5.81. The molecule has 5 nitrogen and oxygen atoms in total. The van der Waals surface area contributed by atoms with Crippen molar-refractivity contribution in [2.24, 2.45) is 0 Å². The number of rotatable bonds is 1. The Balaban J connectivity index is 2.11. The monoisotopic (exact) mass is 355 g/mol. The SMILES string of the molecule is Oc1nc2c3ccc(Br)cc3nn2c(O)c1-c1ccccc1. The zero-order valence-electron chi connectivity index (χ0n) is 11.2. The lowest BCUT2D eigenvalue weighted by atomic mass is 10.1. The van der Waals surface area contributed by atoms with Gasteiger partial charge < -0.3 is 10.2 Å². The van der Waals surface area contributed by atoms with E-state index in [4.69, 9.17) is 0 Å². The first-order chi connectivity index (χ1) is 10.6. The molecule has 0 unspecified atom stereocenters. The van der Waals surface area contributed by atoms with Gasteiger partial charge in [0.15, 0.2) is 5.65 Å². The van der Waals surface area contributed by atoms with Crippen LogP contribution in [-0.4, -0.2) is 24.8 Å². The minimum absolute atomic E-state index is 0.138. The molecular weight excluding hydrogens is 346 g/mol. The molecule has 2 aromatic carbocycles. The molecule has 0 radical (unpaired) electrons. The fourth-order valence-electron chi connectivity index (χ4n) is 2.53. The van der Waals surface area contributed by atoms with E-state index in [1.807, 2.05) is 36.4 Å². The maximum atomic E-state index is 10.5. The van der Waals surface area contributed by atoms with Gasteiger partial charge in [0.1, 0.15) is 5.56 Å². The van der Waals surface area contributed by atoms with Crippen LogP contribution in [0.15, 0.2) is 53.0 Å². The van der Waals surface area contributed by atoms with Gasteiger partial charge in [-0.1, -0.05) is 46.3 Å². The van der Waals surface area contributed by atoms with Gasteiger partial charge in [-0.2, -0.15) is 14.6 Å². The molecular formula is C16H10BrN3O2. The van der Waals surface area contributed by atoms with Crippen molar-refractivity contribution < 1.29 is 10.2 Å². The summed E-state index contributed by atoms with van der Waals surface area (Å²) in [7, 11) is 0. The van der Waals surface area contributed by atoms with Gasteiger partial charge in [-0.3, -0.25) is 0 Å². The molecule has 108 valence electrons. The van der Waals surface area contributed by atoms with Gasteiger partial charge in [-0.25, -0.2) is 0 Å². The van der Waals surface area contributed by atoms with Crippen LogP contribution in [0.2, 0.25) is 0 Å². The highest BCUT2D eigenvalue weighted by Crippen LogP contribution is 2.37. The van der Waals surface area contributed by atoms with Crippen molar-refractivity contribution in [2.75, 3.05) is 0 Å². The first-order valence-electron chi connectivity index (χ1n) is 6.60. The Kier molecular flexibility index (Phi) is 2.80. The Morgan fingerprint density at radius 3 is 2.55 bits per heavy atom. The lowest BCUT2D eigenvalue weighted by Crippen LogP contribution is -1.95. The molecule has 2 N–H and O–H groups in total. The normalized spacial score (nSPS) is 11.3. The van der Waals surface area contributed by atoms with Crippen LogP contribution in [0.1, 0.15) is 0 Å². The van der Waals surface area contributed by atoms with Gasteiger partial charge >= 0.3 is 0 Å². The average molecular weight is 356 g/mol. The quantitative estimate of drug-likeness (QED) is 0.545. The average Bonchev–Trinajstić information content (AvgIpc) is 2.86. The molecule has 0 aliphatic heterocycles. The molecule has 0 bridgehead atoms. The van der Waals surface area contributed by atoms with E-state index in [0.717, 1.165) is 9.86 Å². The summed E-state index contributed by atoms with van der Waals surface area (Å²) >= 11 is 3.39. The smallest absolute Gasteiger partial charge is 0.227 e. The third-order valence-electron chi connectivity index (χ3n) is 3.53. The number of halogens is 1. The summed E-state index contributed by atoms with van der Waals surface area (Å²) in [6, 6.07) is 14.7. The Labute approximate surface area is 133 Å². The number of nitrogens with zero attached hydrogens (tertiary/aromatic N) is 3. The molecule has 0 saturated heterocycles. The molecule has 0 saturated carbocycles. The predicted octanol–water partition coefficient (Wildman–Crippen LogP) is 3.72. The Morgan fingerprint density at radius 2 is 1.77 bits per heavy atom. The number of aromatic nitrogens is 3. The van der Waals surface area contributed by atoms with Crippen molar-refractivity contribution in [2.45, 2.75) is 0 Å². The van der Waals surface area contributed by atoms with Crippen LogP contribution in [0, 0.1) is 0 Å². The molecule has 2 aromatic heterocycles. The number of aromatic hydroxyl groups is 2. The molecule has 4 rings (SSSR count). The summed E-state index contributed by atoms with van der Waals surface area (Å²) in [6.45, 7) is 0. The van der Waals surface area contributed by atoms with Crippen LogP contribution >= 0.6 is 15.9 Å². The van der Waals surface area contributed by atoms with E-state index in [0.29, 0.717) is 16.7 Å². The number of benzene rings is 2. The minimum atomic E-state index is -0.221. The van der Waals surface area contributed by atoms with Crippen molar-refractivity contribution in [3.63, 3.8) is 0 Å². The first-order valence-corrected chi connectivity index (χ1v) is 7.40. The summed E-state index contributed by atoms with van der Waals surface area (Å²) < 4.78 is 2.23. The summed E-state index contributed by atoms with van der Waals surface area (Å²) in [4.78, 5) is 4.21. The van der Waals surface area contributed by atoms with Crippen LogP contribution < -0.4 is 0 Å². The summed E-state index contributed by atoms with van der Waals surface area (Å²) in [6.07, 6.45) is 0. The zero-order chi connectivity index (χ0) is 15.3. The molecule has 0 fully saturated rings. The fourth-order valence-corrected chi connectivity index (χ4v) is 2.88. The van der Waals surface area contributed by atoms with Crippen molar-refractivity contribution in [1.82, 2.24) is 14.6 Å². The number of hydrogen-bond donors (Lipinski definition) is 2. The topological polar surface area (TPSA) is 70.7 Å². The highest BCUT2D eigenvalue weighted by atomic mass is 79.9. The lowest BCUT2D eigenvalue weighted by Gasteiger charge is -2.08. The van der Waals surface area contributed by atoms with Crippen LogP contribution in [0.3, 0.4) is 0 Å². The molecule has 4 aromatic rings. The van der Waals surface area contributed by atoms with Crippen molar-refractivity contribution in [3.8, 4) is 22.9 Å². The van der Waals surface area contributed by atoms with Crippen LogP contribution in [0.25, 0.3) is 27.7 Å². The first kappa shape index (κ1) is 13.1. The maximum Gasteiger partial charge on any atom is 0.227 e. The third-order valence-corrected chi connectivity index (χ3v) is 4.02. The molecule has 0 amide bonds. The fraction of sp³-hybridized carbons (Fsp3) is 0. The van der Waals surface area contributed by atoms with Crippen molar-refractivity contribution in [1.29, 1.82) is 0 Å². The van der Waals surface area contributed by atoms with Gasteiger partial charge in [-0.15, -0.1) is 0 Å². The van der Waals surface area contributed by atoms with E-state index in [-0.39, 0.29) is 17.3 Å². The summed E-state index contributed by atoms with van der Waals surface area (Å²) in [5.74, 6) is -0.359. The summed E-state index contributed by atoms with van der Waals surface area (Å²) in [5, 5.41) is 25.9. The zero-order valence-corrected chi connectivity index (χ0v) is 12.8. The van der Waals surface area contributed by atoms with Gasteiger partial charge in [-0.05, 0) is 23.8 Å². The van der Waals surface area contributed by atoms with E-state index in [2.05, 4.69) is 26.0 Å². The van der Waals surface area contributed by atoms with E-state index < -0.39 is 0 Å². The van der Waals surface area contributed by atoms with Crippen LogP contribution in [-0.2, 0) is 0 Å². The minimum Gasteiger partial charge on any atom is -0.493 e. The highest BCUT2D eigenvalue weighted by Gasteiger charge is 2.19. The molecule has 0 aliphatic rings. The second-order valence-electron chi connectivity index (χ2n) is 4.90. The van der Waals surface area contributed by atoms with E-state index in [9.17, 15) is 10.2 Å². The molecule has 22 heavy (non-hydrogen) atoms. The number of fused-ring (bicyclic) bond motifs is 3. The number of hydrogen-bond acceptors (Lipinski definition) is 4. The van der Waals surface area contributed by atoms with Crippen molar-refractivity contribution >= 4 is 32.5 Å². The second kappa shape index (κ2) is 4.71. The molecule has 6 heteroatoms. The maximum absolute atomic E-state index is 10.5. The van der Waals surface area contributed by atoms with Crippen LogP contribution in [0.5, 0.6) is 11.8 Å². The predicted molar refractivity (Wildman–Crippen MR) is 87.0 cm³/mol. The Hall–Kier alpha value is -2.60. The van der Waals surface area contributed by atoms with Gasteiger partial charge in [0, 0.05) is 9.86 Å².